The van der Waals surface area contributed by atoms with E-state index in [1.54, 1.807) is 35.4 Å². The molecule has 0 aliphatic carbocycles. The molecule has 1 saturated heterocycles. The Kier molecular flexibility index (Phi) is 6.62. The number of para-hydroxylation sites is 1. The van der Waals surface area contributed by atoms with E-state index in [0.717, 1.165) is 20.9 Å². The summed E-state index contributed by atoms with van der Waals surface area (Å²) in [6, 6.07) is 12.3. The number of carbonyl (C=O) groups is 3. The Morgan fingerprint density at radius 1 is 1.09 bits per heavy atom. The second-order valence-electron chi connectivity index (χ2n) is 7.04. The largest absolute Gasteiger partial charge is 0.378 e. The minimum atomic E-state index is -0.948. The van der Waals surface area contributed by atoms with Crippen LogP contribution in [0, 0.1) is 0 Å². The number of rotatable bonds is 4. The van der Waals surface area contributed by atoms with E-state index in [9.17, 15) is 14.4 Å². The van der Waals surface area contributed by atoms with Gasteiger partial charge in [0, 0.05) is 40.2 Å². The summed E-state index contributed by atoms with van der Waals surface area (Å²) in [5, 5.41) is 7.29. The lowest BCUT2D eigenvalue weighted by molar-refractivity contribution is -0.136. The normalized spacial score (nSPS) is 14.0. The highest BCUT2D eigenvalue weighted by atomic mass is 79.9. The second-order valence-corrected chi connectivity index (χ2v) is 7.95. The van der Waals surface area contributed by atoms with Crippen LogP contribution in [0.2, 0.25) is 0 Å². The van der Waals surface area contributed by atoms with E-state index in [1.165, 1.54) is 6.21 Å². The molecule has 0 radical (unpaired) electrons. The third-order valence-electron chi connectivity index (χ3n) is 4.96. The zero-order valence-electron chi connectivity index (χ0n) is 16.9. The Balaban J connectivity index is 1.40. The van der Waals surface area contributed by atoms with Crippen molar-refractivity contribution in [2.45, 2.75) is 0 Å². The highest BCUT2D eigenvalue weighted by Crippen LogP contribution is 2.21. The van der Waals surface area contributed by atoms with Gasteiger partial charge in [0.05, 0.1) is 30.7 Å². The summed E-state index contributed by atoms with van der Waals surface area (Å²) in [7, 11) is 0. The van der Waals surface area contributed by atoms with Gasteiger partial charge in [-0.3, -0.25) is 14.4 Å². The van der Waals surface area contributed by atoms with Gasteiger partial charge in [-0.1, -0.05) is 28.1 Å². The SMILES string of the molecule is O=C(N/N=C\c1c[nH]c2ccc(Br)cc12)C(=O)Nc1ccccc1C(=O)N1CCOCC1. The number of carbonyl (C=O) groups excluding carboxylic acids is 3. The highest BCUT2D eigenvalue weighted by molar-refractivity contribution is 9.10. The molecule has 32 heavy (non-hydrogen) atoms. The van der Waals surface area contributed by atoms with Crippen molar-refractivity contribution in [3.63, 3.8) is 0 Å². The fourth-order valence-corrected chi connectivity index (χ4v) is 3.69. The van der Waals surface area contributed by atoms with Gasteiger partial charge in [-0.25, -0.2) is 5.43 Å². The Morgan fingerprint density at radius 2 is 1.88 bits per heavy atom. The van der Waals surface area contributed by atoms with Gasteiger partial charge in [0.1, 0.15) is 0 Å². The summed E-state index contributed by atoms with van der Waals surface area (Å²) in [5.74, 6) is -2.10. The number of nitrogens with zero attached hydrogens (tertiary/aromatic N) is 2. The maximum atomic E-state index is 12.8. The fourth-order valence-electron chi connectivity index (χ4n) is 3.33. The Labute approximate surface area is 191 Å². The minimum absolute atomic E-state index is 0.229. The van der Waals surface area contributed by atoms with Gasteiger partial charge >= 0.3 is 11.8 Å². The first kappa shape index (κ1) is 21.7. The van der Waals surface area contributed by atoms with E-state index in [2.05, 4.69) is 36.8 Å². The number of aromatic nitrogens is 1. The first-order valence-corrected chi connectivity index (χ1v) is 10.7. The fraction of sp³-hybridized carbons (Fsp3) is 0.182. The molecule has 3 N–H and O–H groups in total. The van der Waals surface area contributed by atoms with Crippen molar-refractivity contribution in [2.75, 3.05) is 31.6 Å². The van der Waals surface area contributed by atoms with Crippen molar-refractivity contribution >= 4 is 56.5 Å². The molecular formula is C22H20BrN5O4. The molecule has 10 heteroatoms. The molecule has 1 aliphatic rings. The number of hydrogen-bond donors (Lipinski definition) is 3. The number of fused-ring (bicyclic) bond motifs is 1. The Bertz CT molecular complexity index is 1200. The van der Waals surface area contributed by atoms with E-state index < -0.39 is 11.8 Å². The maximum absolute atomic E-state index is 12.8. The van der Waals surface area contributed by atoms with Gasteiger partial charge in [-0.05, 0) is 30.3 Å². The molecule has 4 rings (SSSR count). The lowest BCUT2D eigenvalue weighted by atomic mass is 10.1. The predicted octanol–water partition coefficient (Wildman–Crippen LogP) is 2.49. The number of H-pyrrole nitrogens is 1. The molecule has 1 fully saturated rings. The van der Waals surface area contributed by atoms with Crippen LogP contribution < -0.4 is 10.7 Å². The van der Waals surface area contributed by atoms with E-state index in [0.29, 0.717) is 31.9 Å². The number of hydrogen-bond acceptors (Lipinski definition) is 5. The van der Waals surface area contributed by atoms with E-state index >= 15 is 0 Å². The number of nitrogens with one attached hydrogen (secondary N) is 3. The second kappa shape index (κ2) is 9.75. The lowest BCUT2D eigenvalue weighted by Crippen LogP contribution is -2.41. The van der Waals surface area contributed by atoms with Crippen LogP contribution in [0.25, 0.3) is 10.9 Å². The van der Waals surface area contributed by atoms with Crippen LogP contribution in [0.15, 0.2) is 58.2 Å². The van der Waals surface area contributed by atoms with Gasteiger partial charge in [0.2, 0.25) is 0 Å². The number of ether oxygens (including phenoxy) is 1. The quantitative estimate of drug-likeness (QED) is 0.291. The predicted molar refractivity (Wildman–Crippen MR) is 124 cm³/mol. The topological polar surface area (TPSA) is 116 Å². The van der Waals surface area contributed by atoms with Crippen molar-refractivity contribution in [3.05, 3.63) is 64.3 Å². The number of amides is 3. The molecule has 2 heterocycles. The van der Waals surface area contributed by atoms with E-state index in [1.807, 2.05) is 18.2 Å². The van der Waals surface area contributed by atoms with Crippen LogP contribution >= 0.6 is 15.9 Å². The molecule has 0 spiro atoms. The number of hydrazone groups is 1. The van der Waals surface area contributed by atoms with Crippen molar-refractivity contribution in [2.24, 2.45) is 5.10 Å². The molecule has 1 aromatic heterocycles. The zero-order valence-corrected chi connectivity index (χ0v) is 18.5. The maximum Gasteiger partial charge on any atom is 0.329 e. The van der Waals surface area contributed by atoms with Gasteiger partial charge < -0.3 is 19.9 Å². The Hall–Kier alpha value is -3.50. The zero-order chi connectivity index (χ0) is 22.5. The molecule has 2 aromatic carbocycles. The molecule has 0 bridgehead atoms. The molecule has 0 unspecified atom stereocenters. The summed E-state index contributed by atoms with van der Waals surface area (Å²) in [4.78, 5) is 42.1. The average molecular weight is 498 g/mol. The summed E-state index contributed by atoms with van der Waals surface area (Å²) >= 11 is 3.42. The molecule has 3 aromatic rings. The molecule has 1 aliphatic heterocycles. The van der Waals surface area contributed by atoms with Crippen LogP contribution in [-0.4, -0.2) is 60.1 Å². The summed E-state index contributed by atoms with van der Waals surface area (Å²) < 4.78 is 6.18. The minimum Gasteiger partial charge on any atom is -0.378 e. The molecule has 164 valence electrons. The van der Waals surface area contributed by atoms with E-state index in [4.69, 9.17) is 4.74 Å². The van der Waals surface area contributed by atoms with E-state index in [-0.39, 0.29) is 11.6 Å². The van der Waals surface area contributed by atoms with Crippen molar-refractivity contribution in [1.29, 1.82) is 0 Å². The smallest absolute Gasteiger partial charge is 0.329 e. The Morgan fingerprint density at radius 3 is 2.69 bits per heavy atom. The van der Waals surface area contributed by atoms with Crippen LogP contribution in [0.1, 0.15) is 15.9 Å². The van der Waals surface area contributed by atoms with Crippen molar-refractivity contribution in [3.8, 4) is 0 Å². The van der Waals surface area contributed by atoms with Gasteiger partial charge in [-0.2, -0.15) is 5.10 Å². The standard InChI is InChI=1S/C22H20BrN5O4/c23-15-5-6-18-17(11-15)14(12-24-18)13-25-27-21(30)20(29)26-19-4-2-1-3-16(19)22(31)28-7-9-32-10-8-28/h1-6,11-13,24H,7-10H2,(H,26,29)(H,27,30)/b25-13-. The van der Waals surface area contributed by atoms with Crippen LogP contribution in [-0.2, 0) is 14.3 Å². The molecule has 3 amide bonds. The average Bonchev–Trinajstić information content (AvgIpc) is 3.21. The molecular weight excluding hydrogens is 478 g/mol. The van der Waals surface area contributed by atoms with Crippen LogP contribution in [0.5, 0.6) is 0 Å². The number of anilines is 1. The van der Waals surface area contributed by atoms with Gasteiger partial charge in [-0.15, -0.1) is 0 Å². The molecule has 9 nitrogen and oxygen atoms in total. The first-order valence-electron chi connectivity index (χ1n) is 9.90. The monoisotopic (exact) mass is 497 g/mol. The number of benzene rings is 2. The summed E-state index contributed by atoms with van der Waals surface area (Å²) in [6.45, 7) is 1.88. The molecule has 0 saturated carbocycles. The van der Waals surface area contributed by atoms with Crippen molar-refractivity contribution < 1.29 is 19.1 Å². The van der Waals surface area contributed by atoms with Gasteiger partial charge in [0.25, 0.3) is 5.91 Å². The summed E-state index contributed by atoms with van der Waals surface area (Å²) in [6.07, 6.45) is 3.20. The number of aromatic amines is 1. The number of halogens is 1. The lowest BCUT2D eigenvalue weighted by Gasteiger charge is -2.27. The van der Waals surface area contributed by atoms with Crippen LogP contribution in [0.3, 0.4) is 0 Å². The third kappa shape index (κ3) is 4.87. The highest BCUT2D eigenvalue weighted by Gasteiger charge is 2.22. The van der Waals surface area contributed by atoms with Crippen LogP contribution in [0.4, 0.5) is 5.69 Å². The van der Waals surface area contributed by atoms with Crippen molar-refractivity contribution in [1.82, 2.24) is 15.3 Å². The number of morpholine rings is 1. The first-order chi connectivity index (χ1) is 15.5. The summed E-state index contributed by atoms with van der Waals surface area (Å²) in [5.41, 5.74) is 4.45. The van der Waals surface area contributed by atoms with Gasteiger partial charge in [0.15, 0.2) is 0 Å². The third-order valence-corrected chi connectivity index (χ3v) is 5.45. The molecule has 0 atom stereocenters.